The Bertz CT molecular complexity index is 497. The van der Waals surface area contributed by atoms with E-state index in [0.29, 0.717) is 5.56 Å². The number of hydrogen-bond acceptors (Lipinski definition) is 3. The van der Waals surface area contributed by atoms with Crippen molar-refractivity contribution in [3.05, 3.63) is 48.5 Å². The molecule has 0 aliphatic carbocycles. The van der Waals surface area contributed by atoms with Crippen LogP contribution in [0.1, 0.15) is 10.4 Å². The predicted molar refractivity (Wildman–Crippen MR) is 66.4 cm³/mol. The Morgan fingerprint density at radius 2 is 2.24 bits per heavy atom. The van der Waals surface area contributed by atoms with Crippen LogP contribution in [0, 0.1) is 0 Å². The average Bonchev–Trinajstić information content (AvgIpc) is 2.82. The molecule has 0 spiro atoms. The van der Waals surface area contributed by atoms with Gasteiger partial charge >= 0.3 is 5.97 Å². The Hall–Kier alpha value is -1.75. The van der Waals surface area contributed by atoms with Gasteiger partial charge in [0.1, 0.15) is 0 Å². The molecule has 0 saturated heterocycles. The van der Waals surface area contributed by atoms with Crippen LogP contribution in [0.25, 0.3) is 0 Å². The summed E-state index contributed by atoms with van der Waals surface area (Å²) in [4.78, 5) is 15.7. The van der Waals surface area contributed by atoms with Crippen LogP contribution in [0.2, 0.25) is 0 Å². The van der Waals surface area contributed by atoms with Crippen LogP contribution < -0.4 is 0 Å². The summed E-state index contributed by atoms with van der Waals surface area (Å²) in [5.41, 5.74) is 0.364. The zero-order valence-corrected chi connectivity index (χ0v) is 9.93. The second-order valence-corrected chi connectivity index (χ2v) is 4.59. The maximum absolute atomic E-state index is 11.0. The van der Waals surface area contributed by atoms with Gasteiger partial charge in [0.15, 0.2) is 0 Å². The summed E-state index contributed by atoms with van der Waals surface area (Å²) in [7, 11) is 0. The first-order chi connectivity index (χ1) is 8.27. The molecule has 17 heavy (non-hydrogen) atoms. The summed E-state index contributed by atoms with van der Waals surface area (Å²) < 4.78 is 1.97. The Kier molecular flexibility index (Phi) is 3.82. The standard InChI is InChI=1S/C12H12N2O2S/c15-12(16)10-3-1-2-4-11(10)17-8-7-14-6-5-13-9-14/h1-6,9H,7-8H2,(H,15,16). The summed E-state index contributed by atoms with van der Waals surface area (Å²) in [6.07, 6.45) is 5.38. The summed E-state index contributed by atoms with van der Waals surface area (Å²) in [5.74, 6) is -0.0589. The van der Waals surface area contributed by atoms with E-state index in [4.69, 9.17) is 5.11 Å². The minimum Gasteiger partial charge on any atom is -0.478 e. The van der Waals surface area contributed by atoms with Gasteiger partial charge in [-0.15, -0.1) is 11.8 Å². The van der Waals surface area contributed by atoms with Crippen LogP contribution in [0.5, 0.6) is 0 Å². The molecule has 0 saturated carbocycles. The van der Waals surface area contributed by atoms with E-state index in [0.717, 1.165) is 17.2 Å². The number of benzene rings is 1. The van der Waals surface area contributed by atoms with Crippen LogP contribution in [0.4, 0.5) is 0 Å². The van der Waals surface area contributed by atoms with E-state index in [2.05, 4.69) is 4.98 Å². The molecule has 4 nitrogen and oxygen atoms in total. The van der Waals surface area contributed by atoms with Crippen LogP contribution in [0.3, 0.4) is 0 Å². The van der Waals surface area contributed by atoms with Crippen LogP contribution in [0.15, 0.2) is 47.9 Å². The van der Waals surface area contributed by atoms with Crippen molar-refractivity contribution in [2.45, 2.75) is 11.4 Å². The zero-order valence-electron chi connectivity index (χ0n) is 9.11. The highest BCUT2D eigenvalue weighted by molar-refractivity contribution is 7.99. The maximum Gasteiger partial charge on any atom is 0.336 e. The zero-order chi connectivity index (χ0) is 12.1. The van der Waals surface area contributed by atoms with Crippen molar-refractivity contribution < 1.29 is 9.90 Å². The van der Waals surface area contributed by atoms with Crippen molar-refractivity contribution in [3.63, 3.8) is 0 Å². The van der Waals surface area contributed by atoms with Gasteiger partial charge in [-0.05, 0) is 12.1 Å². The fourth-order valence-corrected chi connectivity index (χ4v) is 2.46. The predicted octanol–water partition coefficient (Wildman–Crippen LogP) is 2.37. The van der Waals surface area contributed by atoms with Gasteiger partial charge < -0.3 is 9.67 Å². The van der Waals surface area contributed by atoms with Gasteiger partial charge in [-0.3, -0.25) is 0 Å². The van der Waals surface area contributed by atoms with Gasteiger partial charge in [-0.25, -0.2) is 9.78 Å². The van der Waals surface area contributed by atoms with Crippen molar-refractivity contribution in [2.24, 2.45) is 0 Å². The SMILES string of the molecule is O=C(O)c1ccccc1SCCn1ccnc1. The Balaban J connectivity index is 1.97. The molecule has 1 aromatic carbocycles. The fourth-order valence-electron chi connectivity index (χ4n) is 1.45. The molecule has 2 rings (SSSR count). The molecule has 0 aliphatic heterocycles. The number of carboxylic acid groups (broad SMARTS) is 1. The summed E-state index contributed by atoms with van der Waals surface area (Å²) in [6.45, 7) is 0.818. The lowest BCUT2D eigenvalue weighted by molar-refractivity contribution is 0.0693. The number of aromatic nitrogens is 2. The molecule has 0 unspecified atom stereocenters. The molecule has 0 aliphatic rings. The maximum atomic E-state index is 11.0. The molecule has 88 valence electrons. The molecule has 0 amide bonds. The lowest BCUT2D eigenvalue weighted by atomic mass is 10.2. The third kappa shape index (κ3) is 3.10. The highest BCUT2D eigenvalue weighted by Gasteiger charge is 2.08. The number of hydrogen-bond donors (Lipinski definition) is 1. The summed E-state index contributed by atoms with van der Waals surface area (Å²) in [6, 6.07) is 7.05. The van der Waals surface area contributed by atoms with Gasteiger partial charge in [-0.1, -0.05) is 12.1 Å². The molecule has 0 atom stereocenters. The van der Waals surface area contributed by atoms with Crippen LogP contribution in [-0.2, 0) is 6.54 Å². The first-order valence-electron chi connectivity index (χ1n) is 5.18. The number of rotatable bonds is 5. The first-order valence-corrected chi connectivity index (χ1v) is 6.17. The number of imidazole rings is 1. The molecule has 1 aromatic heterocycles. The average molecular weight is 248 g/mol. The van der Waals surface area contributed by atoms with Gasteiger partial charge in [0, 0.05) is 29.6 Å². The molecule has 0 radical (unpaired) electrons. The molecule has 0 bridgehead atoms. The molecular weight excluding hydrogens is 236 g/mol. The number of carbonyl (C=O) groups is 1. The molecule has 1 heterocycles. The van der Waals surface area contributed by atoms with E-state index in [1.54, 1.807) is 36.4 Å². The number of thioether (sulfide) groups is 1. The second kappa shape index (κ2) is 5.54. The van der Waals surface area contributed by atoms with E-state index in [1.807, 2.05) is 22.9 Å². The normalized spacial score (nSPS) is 10.4. The fraction of sp³-hybridized carbons (Fsp3) is 0.167. The van der Waals surface area contributed by atoms with Crippen molar-refractivity contribution in [1.29, 1.82) is 0 Å². The molecule has 1 N–H and O–H groups in total. The van der Waals surface area contributed by atoms with Crippen molar-refractivity contribution in [2.75, 3.05) is 5.75 Å². The van der Waals surface area contributed by atoms with E-state index < -0.39 is 5.97 Å². The Morgan fingerprint density at radius 3 is 2.94 bits per heavy atom. The van der Waals surface area contributed by atoms with Gasteiger partial charge in [0.05, 0.1) is 11.9 Å². The smallest absolute Gasteiger partial charge is 0.336 e. The lowest BCUT2D eigenvalue weighted by Crippen LogP contribution is -2.01. The number of aromatic carboxylic acids is 1. The van der Waals surface area contributed by atoms with Gasteiger partial charge in [0.2, 0.25) is 0 Å². The third-order valence-electron chi connectivity index (χ3n) is 2.28. The van der Waals surface area contributed by atoms with E-state index in [-0.39, 0.29) is 0 Å². The van der Waals surface area contributed by atoms with Crippen molar-refractivity contribution in [3.8, 4) is 0 Å². The van der Waals surface area contributed by atoms with Crippen LogP contribution in [-0.4, -0.2) is 26.4 Å². The highest BCUT2D eigenvalue weighted by Crippen LogP contribution is 2.22. The van der Waals surface area contributed by atoms with E-state index in [1.165, 1.54) is 0 Å². The summed E-state index contributed by atoms with van der Waals surface area (Å²) >= 11 is 1.54. The van der Waals surface area contributed by atoms with Crippen molar-refractivity contribution in [1.82, 2.24) is 9.55 Å². The molecule has 2 aromatic rings. The topological polar surface area (TPSA) is 55.1 Å². The molecule has 5 heteroatoms. The second-order valence-electron chi connectivity index (χ2n) is 3.45. The monoisotopic (exact) mass is 248 g/mol. The Labute approximate surface area is 103 Å². The Morgan fingerprint density at radius 1 is 1.41 bits per heavy atom. The minimum atomic E-state index is -0.879. The largest absolute Gasteiger partial charge is 0.478 e. The minimum absolute atomic E-state index is 0.364. The highest BCUT2D eigenvalue weighted by atomic mass is 32.2. The van der Waals surface area contributed by atoms with Crippen molar-refractivity contribution >= 4 is 17.7 Å². The summed E-state index contributed by atoms with van der Waals surface area (Å²) in [5, 5.41) is 9.02. The number of aryl methyl sites for hydroxylation is 1. The lowest BCUT2D eigenvalue weighted by Gasteiger charge is -2.05. The van der Waals surface area contributed by atoms with Gasteiger partial charge in [0.25, 0.3) is 0 Å². The van der Waals surface area contributed by atoms with Crippen LogP contribution >= 0.6 is 11.8 Å². The molecular formula is C12H12N2O2S. The van der Waals surface area contributed by atoms with E-state index in [9.17, 15) is 4.79 Å². The third-order valence-corrected chi connectivity index (χ3v) is 3.34. The quantitative estimate of drug-likeness (QED) is 0.825. The molecule has 0 fully saturated rings. The van der Waals surface area contributed by atoms with E-state index >= 15 is 0 Å². The first kappa shape index (κ1) is 11.7. The number of carboxylic acids is 1. The van der Waals surface area contributed by atoms with Gasteiger partial charge in [-0.2, -0.15) is 0 Å². The number of nitrogens with zero attached hydrogens (tertiary/aromatic N) is 2.